The fraction of sp³-hybridized carbons (Fsp3) is 0.0370. The van der Waals surface area contributed by atoms with Crippen LogP contribution in [0, 0.1) is 11.3 Å². The van der Waals surface area contributed by atoms with Crippen LogP contribution in [0.2, 0.25) is 0 Å². The minimum Gasteiger partial charge on any atom is -0.343 e. The lowest BCUT2D eigenvalue weighted by Crippen LogP contribution is -2.14. The predicted octanol–water partition coefficient (Wildman–Crippen LogP) is 6.80. The van der Waals surface area contributed by atoms with Crippen molar-refractivity contribution in [1.82, 2.24) is 9.55 Å². The first-order valence-corrected chi connectivity index (χ1v) is 11.2. The van der Waals surface area contributed by atoms with Gasteiger partial charge in [-0.25, -0.2) is 4.98 Å². The molecule has 5 aromatic rings. The molecule has 6 rings (SSSR count). The highest BCUT2D eigenvalue weighted by atomic mass is 32.2. The van der Waals surface area contributed by atoms with Gasteiger partial charge < -0.3 is 4.90 Å². The third kappa shape index (κ3) is 2.89. The van der Waals surface area contributed by atoms with E-state index in [4.69, 9.17) is 4.98 Å². The van der Waals surface area contributed by atoms with Crippen LogP contribution in [0.3, 0.4) is 0 Å². The highest BCUT2D eigenvalue weighted by Gasteiger charge is 2.22. The standard InChI is InChI=1S/C27H18N4S/c1-30-23-8-4-5-9-25(23)32-26-16-19(12-15-24(26)30)27-29-21-6-2-3-7-22(21)31(27)20-13-10-18(17-28)11-14-20/h2-16H,1H3. The van der Waals surface area contributed by atoms with Gasteiger partial charge in [0, 0.05) is 28.1 Å². The maximum absolute atomic E-state index is 9.19. The molecular formula is C27H18N4S. The molecule has 1 aromatic heterocycles. The Labute approximate surface area is 190 Å². The van der Waals surface area contributed by atoms with Crippen LogP contribution in [0.4, 0.5) is 11.4 Å². The highest BCUT2D eigenvalue weighted by molar-refractivity contribution is 7.99. The van der Waals surface area contributed by atoms with E-state index in [1.54, 1.807) is 11.8 Å². The summed E-state index contributed by atoms with van der Waals surface area (Å²) < 4.78 is 2.17. The number of nitriles is 1. The van der Waals surface area contributed by atoms with Crippen molar-refractivity contribution in [3.63, 3.8) is 0 Å². The number of rotatable bonds is 2. The van der Waals surface area contributed by atoms with Crippen LogP contribution < -0.4 is 4.90 Å². The number of anilines is 2. The third-order valence-electron chi connectivity index (χ3n) is 5.84. The molecule has 0 amide bonds. The number of para-hydroxylation sites is 3. The summed E-state index contributed by atoms with van der Waals surface area (Å²) in [6.45, 7) is 0. The molecule has 0 radical (unpaired) electrons. The molecule has 1 aliphatic heterocycles. The Kier molecular flexibility index (Phi) is 4.27. The van der Waals surface area contributed by atoms with Gasteiger partial charge in [-0.05, 0) is 66.7 Å². The van der Waals surface area contributed by atoms with E-state index in [2.05, 4.69) is 71.1 Å². The molecule has 4 nitrogen and oxygen atoms in total. The largest absolute Gasteiger partial charge is 0.343 e. The predicted molar refractivity (Wildman–Crippen MR) is 130 cm³/mol. The average Bonchev–Trinajstić information content (AvgIpc) is 3.23. The van der Waals surface area contributed by atoms with Gasteiger partial charge in [-0.15, -0.1) is 0 Å². The minimum absolute atomic E-state index is 0.645. The van der Waals surface area contributed by atoms with Crippen molar-refractivity contribution in [2.24, 2.45) is 0 Å². The quantitative estimate of drug-likeness (QED) is 0.309. The van der Waals surface area contributed by atoms with E-state index >= 15 is 0 Å². The second kappa shape index (κ2) is 7.30. The van der Waals surface area contributed by atoms with Crippen molar-refractivity contribution in [2.75, 3.05) is 11.9 Å². The molecule has 0 bridgehead atoms. The zero-order valence-corrected chi connectivity index (χ0v) is 18.2. The normalized spacial score (nSPS) is 12.3. The molecule has 1 aliphatic rings. The van der Waals surface area contributed by atoms with Crippen molar-refractivity contribution in [2.45, 2.75) is 9.79 Å². The van der Waals surface area contributed by atoms with E-state index in [9.17, 15) is 5.26 Å². The highest BCUT2D eigenvalue weighted by Crippen LogP contribution is 2.48. The van der Waals surface area contributed by atoms with Gasteiger partial charge in [0.2, 0.25) is 0 Å². The number of fused-ring (bicyclic) bond motifs is 3. The molecule has 0 atom stereocenters. The molecule has 4 aromatic carbocycles. The van der Waals surface area contributed by atoms with Crippen molar-refractivity contribution in [3.8, 4) is 23.1 Å². The Bertz CT molecular complexity index is 1530. The Hall–Kier alpha value is -4.01. The van der Waals surface area contributed by atoms with Crippen LogP contribution in [-0.4, -0.2) is 16.6 Å². The lowest BCUT2D eigenvalue weighted by Gasteiger charge is -2.29. The summed E-state index contributed by atoms with van der Waals surface area (Å²) >= 11 is 1.79. The molecule has 152 valence electrons. The molecule has 0 fully saturated rings. The third-order valence-corrected chi connectivity index (χ3v) is 6.95. The van der Waals surface area contributed by atoms with Gasteiger partial charge in [-0.1, -0.05) is 36.0 Å². The first-order chi connectivity index (χ1) is 15.7. The van der Waals surface area contributed by atoms with E-state index in [-0.39, 0.29) is 0 Å². The van der Waals surface area contributed by atoms with Crippen molar-refractivity contribution in [3.05, 3.63) is 96.6 Å². The monoisotopic (exact) mass is 430 g/mol. The lowest BCUT2D eigenvalue weighted by atomic mass is 10.1. The molecular weight excluding hydrogens is 412 g/mol. The van der Waals surface area contributed by atoms with E-state index < -0.39 is 0 Å². The van der Waals surface area contributed by atoms with E-state index in [0.717, 1.165) is 28.1 Å². The second-order valence-corrected chi connectivity index (χ2v) is 8.81. The van der Waals surface area contributed by atoms with Crippen molar-refractivity contribution < 1.29 is 0 Å². The van der Waals surface area contributed by atoms with E-state index in [0.29, 0.717) is 5.56 Å². The maximum Gasteiger partial charge on any atom is 0.145 e. The Balaban J connectivity index is 1.53. The molecule has 2 heterocycles. The zero-order chi connectivity index (χ0) is 21.7. The number of nitrogens with zero attached hydrogens (tertiary/aromatic N) is 4. The lowest BCUT2D eigenvalue weighted by molar-refractivity contribution is 1.09. The molecule has 0 N–H and O–H groups in total. The van der Waals surface area contributed by atoms with Gasteiger partial charge in [0.25, 0.3) is 0 Å². The van der Waals surface area contributed by atoms with Gasteiger partial charge in [-0.2, -0.15) is 5.26 Å². The maximum atomic E-state index is 9.19. The molecule has 0 saturated heterocycles. The molecule has 0 spiro atoms. The number of hydrogen-bond donors (Lipinski definition) is 0. The van der Waals surface area contributed by atoms with Gasteiger partial charge >= 0.3 is 0 Å². The Morgan fingerprint density at radius 1 is 0.812 bits per heavy atom. The van der Waals surface area contributed by atoms with Crippen LogP contribution in [0.25, 0.3) is 28.1 Å². The molecule has 0 saturated carbocycles. The summed E-state index contributed by atoms with van der Waals surface area (Å²) in [7, 11) is 2.11. The van der Waals surface area contributed by atoms with Gasteiger partial charge in [-0.3, -0.25) is 4.57 Å². The zero-order valence-electron chi connectivity index (χ0n) is 17.4. The fourth-order valence-corrected chi connectivity index (χ4v) is 5.44. The Morgan fingerprint density at radius 2 is 1.56 bits per heavy atom. The van der Waals surface area contributed by atoms with Crippen LogP contribution >= 0.6 is 11.8 Å². The summed E-state index contributed by atoms with van der Waals surface area (Å²) in [5, 5.41) is 9.19. The van der Waals surface area contributed by atoms with E-state index in [1.807, 2.05) is 42.5 Å². The summed E-state index contributed by atoms with van der Waals surface area (Å²) in [6.07, 6.45) is 0. The fourth-order valence-electron chi connectivity index (χ4n) is 4.25. The summed E-state index contributed by atoms with van der Waals surface area (Å²) in [6, 6.07) is 33.1. The summed E-state index contributed by atoms with van der Waals surface area (Å²) in [5.41, 5.74) is 7.09. The summed E-state index contributed by atoms with van der Waals surface area (Å²) in [4.78, 5) is 9.69. The first kappa shape index (κ1) is 18.7. The topological polar surface area (TPSA) is 44.9 Å². The molecule has 0 aliphatic carbocycles. The average molecular weight is 431 g/mol. The van der Waals surface area contributed by atoms with Gasteiger partial charge in [0.15, 0.2) is 0 Å². The molecule has 0 unspecified atom stereocenters. The second-order valence-electron chi connectivity index (χ2n) is 7.73. The van der Waals surface area contributed by atoms with E-state index in [1.165, 1.54) is 21.2 Å². The number of imidazole rings is 1. The SMILES string of the molecule is CN1c2ccccc2Sc2cc(-c3nc4ccccc4n3-c3ccc(C#N)cc3)ccc21. The Morgan fingerprint density at radius 3 is 2.41 bits per heavy atom. The first-order valence-electron chi connectivity index (χ1n) is 10.4. The number of benzene rings is 4. The minimum atomic E-state index is 0.645. The van der Waals surface area contributed by atoms with Gasteiger partial charge in [0.1, 0.15) is 5.82 Å². The van der Waals surface area contributed by atoms with Crippen LogP contribution in [-0.2, 0) is 0 Å². The smallest absolute Gasteiger partial charge is 0.145 e. The van der Waals surface area contributed by atoms with Crippen LogP contribution in [0.1, 0.15) is 5.56 Å². The molecule has 32 heavy (non-hydrogen) atoms. The van der Waals surface area contributed by atoms with Crippen molar-refractivity contribution in [1.29, 1.82) is 5.26 Å². The summed E-state index contributed by atoms with van der Waals surface area (Å²) in [5.74, 6) is 0.890. The van der Waals surface area contributed by atoms with Crippen molar-refractivity contribution >= 4 is 34.2 Å². The van der Waals surface area contributed by atoms with Crippen LogP contribution in [0.15, 0.2) is 101 Å². The molecule has 5 heteroatoms. The number of hydrogen-bond acceptors (Lipinski definition) is 4. The number of aromatic nitrogens is 2. The van der Waals surface area contributed by atoms with Gasteiger partial charge in [0.05, 0.1) is 34.0 Å². The van der Waals surface area contributed by atoms with Crippen LogP contribution in [0.5, 0.6) is 0 Å².